The van der Waals surface area contributed by atoms with Crippen molar-refractivity contribution in [3.63, 3.8) is 0 Å². The molecule has 0 fully saturated rings. The minimum atomic E-state index is -1.17. The molecule has 0 spiro atoms. The highest BCUT2D eigenvalue weighted by Crippen LogP contribution is 2.35. The van der Waals surface area contributed by atoms with Crippen LogP contribution in [0.5, 0.6) is 5.75 Å². The highest BCUT2D eigenvalue weighted by Gasteiger charge is 2.41. The molecule has 6 nitrogen and oxygen atoms in total. The molecule has 1 atom stereocenters. The third-order valence-electron chi connectivity index (χ3n) is 4.92. The first-order valence-electron chi connectivity index (χ1n) is 9.19. The van der Waals surface area contributed by atoms with Gasteiger partial charge in [0.25, 0.3) is 0 Å². The van der Waals surface area contributed by atoms with Gasteiger partial charge in [-0.1, -0.05) is 65.3 Å². The number of ether oxygens (including phenoxy) is 1. The van der Waals surface area contributed by atoms with Crippen LogP contribution in [0.1, 0.15) is 16.7 Å². The predicted molar refractivity (Wildman–Crippen MR) is 114 cm³/mol. The van der Waals surface area contributed by atoms with Crippen LogP contribution < -0.4 is 10.1 Å². The van der Waals surface area contributed by atoms with Crippen molar-refractivity contribution in [1.29, 1.82) is 0 Å². The Labute approximate surface area is 169 Å². The summed E-state index contributed by atoms with van der Waals surface area (Å²) >= 11 is 0. The normalized spacial score (nSPS) is 12.3. The largest absolute Gasteiger partial charge is 0.497 e. The van der Waals surface area contributed by atoms with Crippen molar-refractivity contribution in [2.24, 2.45) is 5.11 Å². The lowest BCUT2D eigenvalue weighted by Crippen LogP contribution is -2.44. The molecule has 0 aliphatic heterocycles. The first-order chi connectivity index (χ1) is 14.1. The van der Waals surface area contributed by atoms with E-state index >= 15 is 0 Å². The molecule has 3 rings (SSSR count). The number of hydrogen-bond donors (Lipinski definition) is 1. The molecule has 0 aliphatic carbocycles. The van der Waals surface area contributed by atoms with Crippen molar-refractivity contribution in [2.45, 2.75) is 12.3 Å². The number of benzene rings is 3. The Morgan fingerprint density at radius 3 is 2.21 bits per heavy atom. The van der Waals surface area contributed by atoms with Gasteiger partial charge in [-0.25, -0.2) is 0 Å². The number of nitrogens with zero attached hydrogens (tertiary/aromatic N) is 3. The number of anilines is 1. The van der Waals surface area contributed by atoms with Crippen LogP contribution in [0.4, 0.5) is 5.69 Å². The lowest BCUT2D eigenvalue weighted by atomic mass is 9.73. The molecule has 0 bridgehead atoms. The Bertz CT molecular complexity index is 1010. The van der Waals surface area contributed by atoms with E-state index in [1.54, 1.807) is 31.4 Å². The molecule has 0 radical (unpaired) electrons. The quantitative estimate of drug-likeness (QED) is 0.342. The Morgan fingerprint density at radius 1 is 1.00 bits per heavy atom. The van der Waals surface area contributed by atoms with Crippen LogP contribution in [0.25, 0.3) is 10.4 Å². The Hall–Kier alpha value is -3.76. The number of carbonyl (C=O) groups is 1. The number of methoxy groups -OCH3 is 1. The molecule has 3 aromatic rings. The topological polar surface area (TPSA) is 87.1 Å². The second-order valence-corrected chi connectivity index (χ2v) is 6.71. The summed E-state index contributed by atoms with van der Waals surface area (Å²) in [4.78, 5) is 16.6. The molecule has 0 saturated carbocycles. The summed E-state index contributed by atoms with van der Waals surface area (Å²) in [7, 11) is 1.59. The van der Waals surface area contributed by atoms with Crippen LogP contribution in [0.2, 0.25) is 0 Å². The van der Waals surface area contributed by atoms with Crippen LogP contribution >= 0.6 is 0 Å². The van der Waals surface area contributed by atoms with E-state index in [1.165, 1.54) is 0 Å². The molecule has 1 amide bonds. The number of azide groups is 1. The minimum absolute atomic E-state index is 0.0431. The highest BCUT2D eigenvalue weighted by atomic mass is 16.5. The summed E-state index contributed by atoms with van der Waals surface area (Å²) in [6.07, 6.45) is 0. The van der Waals surface area contributed by atoms with E-state index in [2.05, 4.69) is 15.3 Å². The molecule has 0 aromatic heterocycles. The summed E-state index contributed by atoms with van der Waals surface area (Å²) in [5, 5.41) is 6.79. The van der Waals surface area contributed by atoms with Gasteiger partial charge >= 0.3 is 0 Å². The van der Waals surface area contributed by atoms with Crippen molar-refractivity contribution in [1.82, 2.24) is 0 Å². The number of aryl methyl sites for hydroxylation is 1. The van der Waals surface area contributed by atoms with Gasteiger partial charge in [-0.15, -0.1) is 0 Å². The predicted octanol–water partition coefficient (Wildman–Crippen LogP) is 5.24. The molecule has 3 aromatic carbocycles. The molecule has 0 heterocycles. The van der Waals surface area contributed by atoms with Crippen molar-refractivity contribution >= 4 is 11.6 Å². The summed E-state index contributed by atoms with van der Waals surface area (Å²) in [6.45, 7) is 1.94. The number of amides is 1. The maximum absolute atomic E-state index is 13.7. The monoisotopic (exact) mass is 386 g/mol. The molecule has 0 saturated heterocycles. The summed E-state index contributed by atoms with van der Waals surface area (Å²) < 4.78 is 5.18. The molecule has 6 heteroatoms. The van der Waals surface area contributed by atoms with Crippen LogP contribution in [-0.4, -0.2) is 19.6 Å². The molecular weight excluding hydrogens is 364 g/mol. The standard InChI is InChI=1S/C23H22N4O2/c1-17-8-10-19(11-9-17)23(16-25-27-24,18-6-4-3-5-7-18)22(28)26-20-12-14-21(29-2)15-13-20/h3-15H,16H2,1-2H3,(H,26,28). The highest BCUT2D eigenvalue weighted by molar-refractivity contribution is 6.02. The van der Waals surface area contributed by atoms with E-state index < -0.39 is 5.41 Å². The van der Waals surface area contributed by atoms with Crippen LogP contribution in [-0.2, 0) is 10.2 Å². The van der Waals surface area contributed by atoms with Gasteiger partial charge in [0.05, 0.1) is 7.11 Å². The van der Waals surface area contributed by atoms with Gasteiger partial charge in [-0.2, -0.15) is 0 Å². The molecule has 146 valence electrons. The molecule has 1 N–H and O–H groups in total. The van der Waals surface area contributed by atoms with E-state index in [9.17, 15) is 4.79 Å². The van der Waals surface area contributed by atoms with E-state index in [0.717, 1.165) is 16.7 Å². The zero-order valence-electron chi connectivity index (χ0n) is 16.4. The Kier molecular flexibility index (Phi) is 6.17. The lowest BCUT2D eigenvalue weighted by Gasteiger charge is -2.32. The van der Waals surface area contributed by atoms with E-state index in [1.807, 2.05) is 61.5 Å². The second-order valence-electron chi connectivity index (χ2n) is 6.71. The number of hydrogen-bond acceptors (Lipinski definition) is 3. The second kappa shape index (κ2) is 8.95. The van der Waals surface area contributed by atoms with E-state index in [4.69, 9.17) is 10.3 Å². The Balaban J connectivity index is 2.12. The van der Waals surface area contributed by atoms with Gasteiger partial charge in [-0.3, -0.25) is 4.79 Å². The van der Waals surface area contributed by atoms with E-state index in [0.29, 0.717) is 11.4 Å². The third-order valence-corrected chi connectivity index (χ3v) is 4.92. The zero-order chi connectivity index (χ0) is 20.7. The van der Waals surface area contributed by atoms with Crippen molar-refractivity contribution in [2.75, 3.05) is 19.0 Å². The average molecular weight is 386 g/mol. The number of rotatable bonds is 7. The van der Waals surface area contributed by atoms with Crippen molar-refractivity contribution < 1.29 is 9.53 Å². The summed E-state index contributed by atoms with van der Waals surface area (Å²) in [5.41, 5.74) is 11.1. The van der Waals surface area contributed by atoms with Crippen LogP contribution in [0.3, 0.4) is 0 Å². The van der Waals surface area contributed by atoms with Crippen molar-refractivity contribution in [3.05, 3.63) is 106 Å². The first kappa shape index (κ1) is 20.0. The fourth-order valence-electron chi connectivity index (χ4n) is 3.29. The molecule has 1 unspecified atom stereocenters. The van der Waals surface area contributed by atoms with Crippen molar-refractivity contribution in [3.8, 4) is 5.75 Å². The average Bonchev–Trinajstić information content (AvgIpc) is 2.76. The van der Waals surface area contributed by atoms with Gasteiger partial charge < -0.3 is 10.1 Å². The van der Waals surface area contributed by atoms with Crippen LogP contribution in [0, 0.1) is 6.92 Å². The van der Waals surface area contributed by atoms with Gasteiger partial charge in [0.1, 0.15) is 11.2 Å². The zero-order valence-corrected chi connectivity index (χ0v) is 16.4. The van der Waals surface area contributed by atoms with Gasteiger partial charge in [0, 0.05) is 17.1 Å². The summed E-state index contributed by atoms with van der Waals surface area (Å²) in [5.74, 6) is 0.426. The lowest BCUT2D eigenvalue weighted by molar-refractivity contribution is -0.120. The van der Waals surface area contributed by atoms with Gasteiger partial charge in [0.2, 0.25) is 5.91 Å². The fraction of sp³-hybridized carbons (Fsp3) is 0.174. The fourth-order valence-corrected chi connectivity index (χ4v) is 3.29. The van der Waals surface area contributed by atoms with E-state index in [-0.39, 0.29) is 12.5 Å². The smallest absolute Gasteiger partial charge is 0.239 e. The number of nitrogens with one attached hydrogen (secondary N) is 1. The maximum atomic E-state index is 13.7. The van der Waals surface area contributed by atoms with Gasteiger partial charge in [0.15, 0.2) is 0 Å². The maximum Gasteiger partial charge on any atom is 0.239 e. The third kappa shape index (κ3) is 4.23. The number of carbonyl (C=O) groups excluding carboxylic acids is 1. The van der Waals surface area contributed by atoms with Gasteiger partial charge in [-0.05, 0) is 47.8 Å². The Morgan fingerprint density at radius 2 is 1.62 bits per heavy atom. The minimum Gasteiger partial charge on any atom is -0.497 e. The molecular formula is C23H22N4O2. The first-order valence-corrected chi connectivity index (χ1v) is 9.19. The van der Waals surface area contributed by atoms with Crippen LogP contribution in [0.15, 0.2) is 84.0 Å². The summed E-state index contributed by atoms with van der Waals surface area (Å²) in [6, 6.07) is 24.2. The SMILES string of the molecule is COc1ccc(NC(=O)C(CN=[N+]=[N-])(c2ccccc2)c2ccc(C)cc2)cc1. The molecule has 0 aliphatic rings. The molecule has 29 heavy (non-hydrogen) atoms.